The minimum Gasteiger partial charge on any atom is -0.278 e. The van der Waals surface area contributed by atoms with Crippen LogP contribution in [0, 0.1) is 6.92 Å². The van der Waals surface area contributed by atoms with Crippen molar-refractivity contribution in [3.8, 4) is 11.3 Å². The second kappa shape index (κ2) is 5.31. The van der Waals surface area contributed by atoms with E-state index >= 15 is 0 Å². The molecule has 0 radical (unpaired) electrons. The molecular weight excluding hydrogens is 196 g/mol. The number of aryl methyl sites for hydroxylation is 1. The van der Waals surface area contributed by atoms with Crippen molar-refractivity contribution in [1.82, 2.24) is 10.2 Å². The molecule has 1 aromatic heterocycles. The fourth-order valence-electron chi connectivity index (χ4n) is 1.35. The van der Waals surface area contributed by atoms with Crippen LogP contribution >= 0.6 is 0 Å². The van der Waals surface area contributed by atoms with E-state index in [-0.39, 0.29) is 0 Å². The van der Waals surface area contributed by atoms with E-state index in [4.69, 9.17) is 0 Å². The van der Waals surface area contributed by atoms with Crippen LogP contribution in [0.4, 0.5) is 0 Å². The van der Waals surface area contributed by atoms with E-state index in [9.17, 15) is 0 Å². The number of benzene rings is 1. The Kier molecular flexibility index (Phi) is 4.06. The maximum atomic E-state index is 4.17. The Labute approximate surface area is 96.3 Å². The normalized spacial score (nSPS) is 9.44. The Morgan fingerprint density at radius 3 is 2.06 bits per heavy atom. The fraction of sp³-hybridized carbons (Fsp3) is 0.214. The van der Waals surface area contributed by atoms with Crippen molar-refractivity contribution in [2.75, 3.05) is 0 Å². The largest absolute Gasteiger partial charge is 0.278 e. The number of nitrogens with zero attached hydrogens (tertiary/aromatic N) is 1. The molecule has 0 saturated carbocycles. The smallest absolute Gasteiger partial charge is 0.0993 e. The predicted molar refractivity (Wildman–Crippen MR) is 70.4 cm³/mol. The first-order chi connectivity index (χ1) is 7.68. The first-order valence-electron chi connectivity index (χ1n) is 5.48. The molecule has 2 heteroatoms. The first-order valence-corrected chi connectivity index (χ1v) is 5.48. The lowest BCUT2D eigenvalue weighted by atomic mass is 10.1. The lowest BCUT2D eigenvalue weighted by molar-refractivity contribution is 1.07. The number of rotatable bonds is 1. The van der Waals surface area contributed by atoms with Crippen molar-refractivity contribution >= 4 is 13.2 Å². The molecule has 1 heterocycles. The Morgan fingerprint density at radius 1 is 1.06 bits per heavy atom. The monoisotopic (exact) mass is 214 g/mol. The molecule has 0 saturated heterocycles. The van der Waals surface area contributed by atoms with E-state index in [1.54, 1.807) is 0 Å². The van der Waals surface area contributed by atoms with Gasteiger partial charge in [0.15, 0.2) is 0 Å². The summed E-state index contributed by atoms with van der Waals surface area (Å²) < 4.78 is 0. The van der Waals surface area contributed by atoms with Crippen molar-refractivity contribution in [2.24, 2.45) is 0 Å². The number of hydrogen-bond acceptors (Lipinski definition) is 1. The second-order valence-electron chi connectivity index (χ2n) is 3.40. The third-order valence-electron chi connectivity index (χ3n) is 2.28. The van der Waals surface area contributed by atoms with Gasteiger partial charge in [0, 0.05) is 10.8 Å². The minimum absolute atomic E-state index is 0.778. The highest BCUT2D eigenvalue weighted by Crippen LogP contribution is 2.11. The number of aromatic amines is 1. The zero-order valence-corrected chi connectivity index (χ0v) is 10.2. The fourth-order valence-corrected chi connectivity index (χ4v) is 1.35. The molecule has 0 aliphatic rings. The summed E-state index contributed by atoms with van der Waals surface area (Å²) in [6, 6.07) is 8.21. The highest BCUT2D eigenvalue weighted by Gasteiger charge is 2.01. The topological polar surface area (TPSA) is 28.7 Å². The summed E-state index contributed by atoms with van der Waals surface area (Å²) in [5.41, 5.74) is 3.20. The molecule has 0 bridgehead atoms. The third kappa shape index (κ3) is 2.40. The number of hydrogen-bond donors (Lipinski definition) is 1. The maximum Gasteiger partial charge on any atom is 0.0993 e. The van der Waals surface area contributed by atoms with Gasteiger partial charge in [-0.05, 0) is 6.92 Å². The van der Waals surface area contributed by atoms with E-state index in [0.717, 1.165) is 21.8 Å². The molecule has 16 heavy (non-hydrogen) atoms. The molecule has 0 amide bonds. The van der Waals surface area contributed by atoms with Crippen molar-refractivity contribution in [3.63, 3.8) is 0 Å². The van der Waals surface area contributed by atoms with Gasteiger partial charge in [0.25, 0.3) is 0 Å². The van der Waals surface area contributed by atoms with Crippen LogP contribution in [0.2, 0.25) is 0 Å². The zero-order chi connectivity index (χ0) is 12.1. The lowest BCUT2D eigenvalue weighted by Crippen LogP contribution is -2.19. The molecule has 0 unspecified atom stereocenters. The van der Waals surface area contributed by atoms with Gasteiger partial charge >= 0.3 is 0 Å². The lowest BCUT2D eigenvalue weighted by Gasteiger charge is -1.96. The van der Waals surface area contributed by atoms with Crippen LogP contribution in [-0.2, 0) is 0 Å². The summed E-state index contributed by atoms with van der Waals surface area (Å²) in [6.07, 6.45) is 0. The van der Waals surface area contributed by atoms with E-state index in [1.165, 1.54) is 5.56 Å². The van der Waals surface area contributed by atoms with Crippen LogP contribution in [-0.4, -0.2) is 10.2 Å². The first kappa shape index (κ1) is 12.2. The average Bonchev–Trinajstić information content (AvgIpc) is 2.64. The van der Waals surface area contributed by atoms with Gasteiger partial charge in [0.2, 0.25) is 0 Å². The Morgan fingerprint density at radius 2 is 1.62 bits per heavy atom. The van der Waals surface area contributed by atoms with Crippen molar-refractivity contribution < 1.29 is 0 Å². The summed E-state index contributed by atoms with van der Waals surface area (Å²) in [5.74, 6) is 0. The van der Waals surface area contributed by atoms with Gasteiger partial charge in [0.1, 0.15) is 0 Å². The van der Waals surface area contributed by atoms with E-state index in [0.29, 0.717) is 0 Å². The van der Waals surface area contributed by atoms with Gasteiger partial charge in [-0.1, -0.05) is 56.8 Å². The Hall–Kier alpha value is -1.83. The average molecular weight is 214 g/mol. The standard InChI is InChI=1S/C12H12N2.C2H6/c1-8-4-6-11(7-5-8)12-9(2)10(3)13-14-12;1-2/h4-7,13H,2-3H2,1H3;1-2H3. The second-order valence-corrected chi connectivity index (χ2v) is 3.40. The van der Waals surface area contributed by atoms with Gasteiger partial charge in [-0.25, -0.2) is 0 Å². The SMILES string of the molecule is C=c1[nH]nc(-c2ccc(C)cc2)c1=C.CC. The van der Waals surface area contributed by atoms with Gasteiger partial charge in [-0.2, -0.15) is 5.10 Å². The van der Waals surface area contributed by atoms with Crippen molar-refractivity contribution in [2.45, 2.75) is 20.8 Å². The van der Waals surface area contributed by atoms with Crippen LogP contribution in [0.15, 0.2) is 24.3 Å². The van der Waals surface area contributed by atoms with Crippen LogP contribution in [0.1, 0.15) is 19.4 Å². The number of aromatic nitrogens is 2. The molecule has 1 aromatic carbocycles. The van der Waals surface area contributed by atoms with Crippen molar-refractivity contribution in [1.29, 1.82) is 0 Å². The molecule has 2 nitrogen and oxygen atoms in total. The van der Waals surface area contributed by atoms with E-state index in [2.05, 4.69) is 42.4 Å². The van der Waals surface area contributed by atoms with E-state index in [1.807, 2.05) is 26.0 Å². The molecule has 0 atom stereocenters. The molecule has 2 aromatic rings. The van der Waals surface area contributed by atoms with Gasteiger partial charge in [0.05, 0.1) is 11.0 Å². The zero-order valence-electron chi connectivity index (χ0n) is 10.2. The van der Waals surface area contributed by atoms with Crippen LogP contribution < -0.4 is 10.6 Å². The molecular formula is C14H18N2. The summed E-state index contributed by atoms with van der Waals surface area (Å²) >= 11 is 0. The highest BCUT2D eigenvalue weighted by atomic mass is 15.1. The number of nitrogens with one attached hydrogen (secondary N) is 1. The molecule has 0 aliphatic heterocycles. The van der Waals surface area contributed by atoms with Crippen molar-refractivity contribution in [3.05, 3.63) is 40.4 Å². The van der Waals surface area contributed by atoms with Crippen LogP contribution in [0.3, 0.4) is 0 Å². The molecule has 0 aliphatic carbocycles. The summed E-state index contributed by atoms with van der Waals surface area (Å²) in [7, 11) is 0. The highest BCUT2D eigenvalue weighted by molar-refractivity contribution is 5.60. The maximum absolute atomic E-state index is 4.17. The quantitative estimate of drug-likeness (QED) is 0.775. The molecule has 2 rings (SSSR count). The van der Waals surface area contributed by atoms with E-state index < -0.39 is 0 Å². The van der Waals surface area contributed by atoms with Gasteiger partial charge in [-0.3, -0.25) is 5.10 Å². The molecule has 84 valence electrons. The third-order valence-corrected chi connectivity index (χ3v) is 2.28. The predicted octanol–water partition coefficient (Wildman–Crippen LogP) is 2.23. The van der Waals surface area contributed by atoms with Crippen LogP contribution in [0.25, 0.3) is 24.4 Å². The molecule has 1 N–H and O–H groups in total. The molecule has 0 fully saturated rings. The minimum atomic E-state index is 0.778. The summed E-state index contributed by atoms with van der Waals surface area (Å²) in [4.78, 5) is 0. The van der Waals surface area contributed by atoms with Gasteiger partial charge < -0.3 is 0 Å². The Bertz CT molecular complexity index is 535. The van der Waals surface area contributed by atoms with Crippen LogP contribution in [0.5, 0.6) is 0 Å². The molecule has 0 spiro atoms. The Balaban J connectivity index is 0.000000606. The summed E-state index contributed by atoms with van der Waals surface area (Å²) in [5, 5.41) is 8.64. The number of H-pyrrole nitrogens is 1. The van der Waals surface area contributed by atoms with Gasteiger partial charge in [-0.15, -0.1) is 0 Å². The summed E-state index contributed by atoms with van der Waals surface area (Å²) in [6.45, 7) is 13.8.